The van der Waals surface area contributed by atoms with Gasteiger partial charge in [-0.1, -0.05) is 60.3 Å². The van der Waals surface area contributed by atoms with E-state index in [-0.39, 0.29) is 12.5 Å². The molecule has 0 spiro atoms. The number of aliphatic imine (C=N–C) groups is 1. The molecule has 2 saturated heterocycles. The SMILES string of the molecule is C[C@H](NC(=O)OCc1ccccc1)C(=O)Nc1ccc(C2S/C(=N\c3ccc(N4CCOCC4)cc3)N(c3ccccn3)C2=O)cc1. The number of aromatic nitrogens is 1. The Morgan fingerprint density at radius 1 is 0.979 bits per heavy atom. The van der Waals surface area contributed by atoms with E-state index >= 15 is 0 Å². The second-order valence-corrected chi connectivity index (χ2v) is 12.0. The van der Waals surface area contributed by atoms with Crippen molar-refractivity contribution in [1.29, 1.82) is 0 Å². The zero-order valence-electron chi connectivity index (χ0n) is 25.7. The normalized spacial score (nSPS) is 17.8. The van der Waals surface area contributed by atoms with E-state index in [1.165, 1.54) is 11.8 Å². The monoisotopic (exact) mass is 650 g/mol. The molecular formula is C35H34N6O5S. The highest BCUT2D eigenvalue weighted by Gasteiger charge is 2.40. The summed E-state index contributed by atoms with van der Waals surface area (Å²) >= 11 is 1.35. The summed E-state index contributed by atoms with van der Waals surface area (Å²) in [5, 5.41) is 5.30. The van der Waals surface area contributed by atoms with Crippen LogP contribution in [0.15, 0.2) is 108 Å². The number of carbonyl (C=O) groups excluding carboxylic acids is 3. The third-order valence-electron chi connectivity index (χ3n) is 7.61. The molecule has 2 fully saturated rings. The van der Waals surface area contributed by atoms with Crippen LogP contribution in [-0.4, -0.2) is 60.4 Å². The zero-order chi connectivity index (χ0) is 32.6. The lowest BCUT2D eigenvalue weighted by atomic mass is 10.1. The summed E-state index contributed by atoms with van der Waals surface area (Å²) in [6.45, 7) is 4.78. The second kappa shape index (κ2) is 14.9. The van der Waals surface area contributed by atoms with Crippen LogP contribution in [-0.2, 0) is 25.7 Å². The maximum Gasteiger partial charge on any atom is 0.408 e. The van der Waals surface area contributed by atoms with E-state index in [0.29, 0.717) is 29.9 Å². The number of hydrogen-bond acceptors (Lipinski definition) is 9. The van der Waals surface area contributed by atoms with Gasteiger partial charge in [0.2, 0.25) is 5.91 Å². The van der Waals surface area contributed by atoms with E-state index in [1.54, 1.807) is 54.4 Å². The molecule has 2 atom stereocenters. The van der Waals surface area contributed by atoms with E-state index < -0.39 is 23.3 Å². The van der Waals surface area contributed by atoms with Gasteiger partial charge in [0.15, 0.2) is 5.17 Å². The average molecular weight is 651 g/mol. The molecule has 0 bridgehead atoms. The van der Waals surface area contributed by atoms with Crippen molar-refractivity contribution in [3.8, 4) is 0 Å². The van der Waals surface area contributed by atoms with Crippen molar-refractivity contribution >= 4 is 57.7 Å². The van der Waals surface area contributed by atoms with Crippen molar-refractivity contribution in [1.82, 2.24) is 10.3 Å². The summed E-state index contributed by atoms with van der Waals surface area (Å²) in [6, 6.07) is 28.9. The van der Waals surface area contributed by atoms with E-state index in [4.69, 9.17) is 14.5 Å². The maximum atomic E-state index is 13.8. The van der Waals surface area contributed by atoms with Crippen LogP contribution in [0.25, 0.3) is 0 Å². The van der Waals surface area contributed by atoms with Gasteiger partial charge in [0.25, 0.3) is 5.91 Å². The van der Waals surface area contributed by atoms with Crippen LogP contribution in [0.1, 0.15) is 23.3 Å². The van der Waals surface area contributed by atoms with Gasteiger partial charge in [-0.25, -0.2) is 19.7 Å². The van der Waals surface area contributed by atoms with Crippen molar-refractivity contribution in [2.24, 2.45) is 4.99 Å². The van der Waals surface area contributed by atoms with Gasteiger partial charge in [0.1, 0.15) is 23.7 Å². The van der Waals surface area contributed by atoms with Crippen molar-refractivity contribution < 1.29 is 23.9 Å². The molecule has 3 heterocycles. The number of morpholine rings is 1. The first-order chi connectivity index (χ1) is 22.9. The van der Waals surface area contributed by atoms with Crippen molar-refractivity contribution in [2.45, 2.75) is 24.8 Å². The van der Waals surface area contributed by atoms with Crippen LogP contribution < -0.4 is 20.4 Å². The molecule has 12 heteroatoms. The molecule has 0 aliphatic carbocycles. The zero-order valence-corrected chi connectivity index (χ0v) is 26.6. The summed E-state index contributed by atoms with van der Waals surface area (Å²) in [5.41, 5.74) is 3.95. The number of pyridine rings is 1. The quantitative estimate of drug-likeness (QED) is 0.237. The number of nitrogens with one attached hydrogen (secondary N) is 2. The number of thioether (sulfide) groups is 1. The molecule has 6 rings (SSSR count). The second-order valence-electron chi connectivity index (χ2n) is 10.9. The van der Waals surface area contributed by atoms with Crippen LogP contribution in [0.3, 0.4) is 0 Å². The van der Waals surface area contributed by atoms with Crippen molar-refractivity contribution in [2.75, 3.05) is 41.4 Å². The average Bonchev–Trinajstić information content (AvgIpc) is 3.44. The fraction of sp³-hybridized carbons (Fsp3) is 0.229. The molecule has 240 valence electrons. The molecule has 4 aromatic rings. The number of ether oxygens (including phenoxy) is 2. The first-order valence-electron chi connectivity index (χ1n) is 15.3. The van der Waals surface area contributed by atoms with Crippen LogP contribution in [0.4, 0.5) is 27.7 Å². The highest BCUT2D eigenvalue weighted by molar-refractivity contribution is 8.15. The molecule has 1 aromatic heterocycles. The molecule has 2 N–H and O–H groups in total. The van der Waals surface area contributed by atoms with E-state index in [1.807, 2.05) is 60.7 Å². The largest absolute Gasteiger partial charge is 0.445 e. The minimum Gasteiger partial charge on any atom is -0.445 e. The third-order valence-corrected chi connectivity index (χ3v) is 8.80. The Hall–Kier alpha value is -5.20. The van der Waals surface area contributed by atoms with Crippen LogP contribution in [0.2, 0.25) is 0 Å². The molecule has 47 heavy (non-hydrogen) atoms. The molecule has 0 radical (unpaired) electrons. The summed E-state index contributed by atoms with van der Waals surface area (Å²) in [4.78, 5) is 51.9. The molecule has 2 aliphatic rings. The number of amides is 3. The van der Waals surface area contributed by atoms with Gasteiger partial charge in [0.05, 0.1) is 18.9 Å². The predicted molar refractivity (Wildman–Crippen MR) is 183 cm³/mol. The van der Waals surface area contributed by atoms with Gasteiger partial charge in [0, 0.05) is 30.7 Å². The number of carbonyl (C=O) groups is 3. The van der Waals surface area contributed by atoms with Gasteiger partial charge < -0.3 is 25.0 Å². The Balaban J connectivity index is 1.11. The van der Waals surface area contributed by atoms with Crippen molar-refractivity contribution in [3.63, 3.8) is 0 Å². The van der Waals surface area contributed by atoms with E-state index in [0.717, 1.165) is 35.6 Å². The van der Waals surface area contributed by atoms with E-state index in [2.05, 4.69) is 20.5 Å². The topological polar surface area (TPSA) is 125 Å². The lowest BCUT2D eigenvalue weighted by Gasteiger charge is -2.28. The first-order valence-corrected chi connectivity index (χ1v) is 16.1. The molecule has 11 nitrogen and oxygen atoms in total. The molecule has 3 aromatic carbocycles. The Labute approximate surface area is 277 Å². The molecule has 1 unspecified atom stereocenters. The molecule has 2 aliphatic heterocycles. The highest BCUT2D eigenvalue weighted by Crippen LogP contribution is 2.42. The van der Waals surface area contributed by atoms with Gasteiger partial charge in [-0.2, -0.15) is 0 Å². The van der Waals surface area contributed by atoms with Gasteiger partial charge in [-0.15, -0.1) is 0 Å². The van der Waals surface area contributed by atoms with Gasteiger partial charge in [-0.3, -0.25) is 9.59 Å². The summed E-state index contributed by atoms with van der Waals surface area (Å²) in [7, 11) is 0. The minimum atomic E-state index is -0.835. The summed E-state index contributed by atoms with van der Waals surface area (Å²) in [5.74, 6) is -0.0824. The number of hydrogen-bond donors (Lipinski definition) is 2. The van der Waals surface area contributed by atoms with Crippen LogP contribution in [0, 0.1) is 0 Å². The van der Waals surface area contributed by atoms with Gasteiger partial charge >= 0.3 is 6.09 Å². The number of rotatable bonds is 9. The maximum absolute atomic E-state index is 13.8. The summed E-state index contributed by atoms with van der Waals surface area (Å²) in [6.07, 6.45) is 0.956. The molecule has 3 amide bonds. The minimum absolute atomic E-state index is 0.103. The number of benzene rings is 3. The molecule has 0 saturated carbocycles. The molecular weight excluding hydrogens is 616 g/mol. The smallest absolute Gasteiger partial charge is 0.408 e. The standard InChI is InChI=1S/C35H34N6O5S/c1-24(37-35(44)46-23-25-7-3-2-4-8-25)32(42)38-27-12-10-26(11-13-27)31-33(43)41(30-9-5-6-18-36-30)34(47-31)39-28-14-16-29(17-15-28)40-19-21-45-22-20-40/h2-18,24,31H,19-23H2,1H3,(H,37,44)(H,38,42)/b39-34-/t24-,31?/m0/s1. The van der Waals surface area contributed by atoms with E-state index in [9.17, 15) is 14.4 Å². The van der Waals surface area contributed by atoms with Crippen LogP contribution >= 0.6 is 11.8 Å². The third kappa shape index (κ3) is 7.97. The fourth-order valence-corrected chi connectivity index (χ4v) is 6.23. The lowest BCUT2D eigenvalue weighted by Crippen LogP contribution is -2.41. The predicted octanol–water partition coefficient (Wildman–Crippen LogP) is 5.68. The fourth-order valence-electron chi connectivity index (χ4n) is 5.07. The van der Waals surface area contributed by atoms with Gasteiger partial charge in [-0.05, 0) is 66.6 Å². The number of nitrogens with zero attached hydrogens (tertiary/aromatic N) is 4. The Bertz CT molecular complexity index is 1720. The summed E-state index contributed by atoms with van der Waals surface area (Å²) < 4.78 is 10.7. The van der Waals surface area contributed by atoms with Crippen LogP contribution in [0.5, 0.6) is 0 Å². The Morgan fingerprint density at radius 2 is 1.70 bits per heavy atom. The number of amidine groups is 1. The lowest BCUT2D eigenvalue weighted by molar-refractivity contribution is -0.118. The number of alkyl carbamates (subject to hydrolysis) is 1. The highest BCUT2D eigenvalue weighted by atomic mass is 32.2. The Kier molecular flexibility index (Phi) is 10.1. The Morgan fingerprint density at radius 3 is 2.40 bits per heavy atom. The number of anilines is 3. The first kappa shape index (κ1) is 31.8. The van der Waals surface area contributed by atoms with Crippen molar-refractivity contribution in [3.05, 3.63) is 114 Å².